The van der Waals surface area contributed by atoms with Crippen LogP contribution in [0.4, 0.5) is 11.4 Å². The van der Waals surface area contributed by atoms with Crippen LogP contribution in [0.1, 0.15) is 50.5 Å². The topological polar surface area (TPSA) is 75.3 Å². The zero-order valence-electron chi connectivity index (χ0n) is 15.8. The molecule has 4 saturated carbocycles. The van der Waals surface area contributed by atoms with Gasteiger partial charge in [0.1, 0.15) is 0 Å². The van der Waals surface area contributed by atoms with Gasteiger partial charge in [0, 0.05) is 16.4 Å². The summed E-state index contributed by atoms with van der Waals surface area (Å²) in [6.07, 6.45) is 8.94. The van der Waals surface area contributed by atoms with Crippen LogP contribution in [0.25, 0.3) is 0 Å². The number of hydrogen-bond acceptors (Lipinski definition) is 3. The Labute approximate surface area is 169 Å². The van der Waals surface area contributed by atoms with Crippen molar-refractivity contribution in [2.45, 2.75) is 56.2 Å². The largest absolute Gasteiger partial charge is 0.326 e. The molecule has 2 unspecified atom stereocenters. The Hall–Kier alpha value is -1.08. The highest BCUT2D eigenvalue weighted by Gasteiger charge is 2.57. The number of aryl methyl sites for hydroxylation is 1. The second-order valence-corrected chi connectivity index (χ2v) is 12.7. The van der Waals surface area contributed by atoms with Crippen LogP contribution in [-0.4, -0.2) is 24.9 Å². The van der Waals surface area contributed by atoms with E-state index in [9.17, 15) is 13.2 Å². The van der Waals surface area contributed by atoms with E-state index in [0.29, 0.717) is 17.8 Å². The molecule has 5 rings (SSSR count). The second-order valence-electron chi connectivity index (χ2n) is 9.24. The molecule has 2 N–H and O–H groups in total. The van der Waals surface area contributed by atoms with Crippen molar-refractivity contribution >= 4 is 43.2 Å². The Balaban J connectivity index is 1.47. The minimum atomic E-state index is -3.36. The van der Waals surface area contributed by atoms with Crippen LogP contribution in [0, 0.1) is 24.2 Å². The predicted molar refractivity (Wildman–Crippen MR) is 112 cm³/mol. The van der Waals surface area contributed by atoms with Gasteiger partial charge in [-0.15, -0.1) is 0 Å². The minimum absolute atomic E-state index is 0.0298. The zero-order chi connectivity index (χ0) is 19.4. The van der Waals surface area contributed by atoms with Gasteiger partial charge in [-0.25, -0.2) is 8.42 Å². The van der Waals surface area contributed by atoms with E-state index in [1.165, 1.54) is 32.1 Å². The van der Waals surface area contributed by atoms with Crippen molar-refractivity contribution in [1.82, 2.24) is 0 Å². The van der Waals surface area contributed by atoms with Gasteiger partial charge in [0.15, 0.2) is 0 Å². The van der Waals surface area contributed by atoms with E-state index in [4.69, 9.17) is 0 Å². The summed E-state index contributed by atoms with van der Waals surface area (Å²) in [5, 5.41) is 2.99. The van der Waals surface area contributed by atoms with E-state index in [0.717, 1.165) is 30.1 Å². The molecule has 1 aromatic carbocycles. The number of sulfonamides is 1. The first kappa shape index (κ1) is 19.2. The minimum Gasteiger partial charge on any atom is -0.326 e. The van der Waals surface area contributed by atoms with Crippen LogP contribution < -0.4 is 10.0 Å². The number of anilines is 2. The van der Waals surface area contributed by atoms with E-state index < -0.39 is 10.0 Å². The Bertz CT molecular complexity index is 869. The maximum absolute atomic E-state index is 12.8. The number of alkyl halides is 1. The van der Waals surface area contributed by atoms with Gasteiger partial charge in [0.25, 0.3) is 0 Å². The lowest BCUT2D eigenvalue weighted by molar-refractivity contribution is -0.123. The lowest BCUT2D eigenvalue weighted by Gasteiger charge is -2.60. The zero-order valence-corrected chi connectivity index (χ0v) is 18.2. The average molecular weight is 455 g/mol. The molecule has 0 radical (unpaired) electrons. The maximum Gasteiger partial charge on any atom is 0.229 e. The molecular formula is C20H27BrN2O3S. The normalized spacial score (nSPS) is 34.5. The molecule has 0 saturated heterocycles. The molecule has 5 nitrogen and oxygen atoms in total. The standard InChI is InChI=1S/C20H27BrN2O3S/c1-13-3-4-16(6-17(13)23-27(2,25)26)22-18(24)11-19-7-14-5-15(8-19)10-20(21,9-14)12-19/h3-4,6,14-15,23H,5,7-12H2,1-2H3,(H,22,24). The summed E-state index contributed by atoms with van der Waals surface area (Å²) in [4.78, 5) is 12.8. The number of carbonyl (C=O) groups is 1. The SMILES string of the molecule is Cc1ccc(NC(=O)CC23CC4CC(CC(Br)(C4)C2)C3)cc1NS(C)(=O)=O. The summed E-state index contributed by atoms with van der Waals surface area (Å²) >= 11 is 4.00. The van der Waals surface area contributed by atoms with Crippen LogP contribution in [0.5, 0.6) is 0 Å². The first-order chi connectivity index (χ1) is 12.5. The molecule has 1 aromatic rings. The van der Waals surface area contributed by atoms with Crippen molar-refractivity contribution < 1.29 is 13.2 Å². The number of nitrogens with one attached hydrogen (secondary N) is 2. The molecule has 0 aliphatic heterocycles. The quantitative estimate of drug-likeness (QED) is 0.645. The lowest BCUT2D eigenvalue weighted by atomic mass is 9.48. The van der Waals surface area contributed by atoms with Crippen molar-refractivity contribution in [3.63, 3.8) is 0 Å². The number of halogens is 1. The molecule has 148 valence electrons. The smallest absolute Gasteiger partial charge is 0.229 e. The highest BCUT2D eigenvalue weighted by Crippen LogP contribution is 2.65. The third-order valence-electron chi connectivity index (χ3n) is 6.46. The van der Waals surface area contributed by atoms with Crippen LogP contribution >= 0.6 is 15.9 Å². The summed E-state index contributed by atoms with van der Waals surface area (Å²) in [6, 6.07) is 5.34. The van der Waals surface area contributed by atoms with Gasteiger partial charge >= 0.3 is 0 Å². The third-order valence-corrected chi connectivity index (χ3v) is 7.98. The lowest BCUT2D eigenvalue weighted by Crippen LogP contribution is -2.53. The number of hydrogen-bond donors (Lipinski definition) is 2. The van der Waals surface area contributed by atoms with Crippen LogP contribution in [0.2, 0.25) is 0 Å². The fourth-order valence-corrected chi connectivity index (χ4v) is 8.23. The molecule has 4 aliphatic rings. The fourth-order valence-electron chi connectivity index (χ4n) is 6.10. The van der Waals surface area contributed by atoms with E-state index in [1.54, 1.807) is 6.07 Å². The summed E-state index contributed by atoms with van der Waals surface area (Å²) in [5.74, 6) is 1.54. The molecule has 4 bridgehead atoms. The van der Waals surface area contributed by atoms with Crippen molar-refractivity contribution in [1.29, 1.82) is 0 Å². The van der Waals surface area contributed by atoms with E-state index in [-0.39, 0.29) is 15.6 Å². The molecule has 27 heavy (non-hydrogen) atoms. The maximum atomic E-state index is 12.8. The van der Waals surface area contributed by atoms with Gasteiger partial charge in [-0.2, -0.15) is 0 Å². The molecular weight excluding hydrogens is 428 g/mol. The van der Waals surface area contributed by atoms with Crippen LogP contribution in [-0.2, 0) is 14.8 Å². The summed E-state index contributed by atoms with van der Waals surface area (Å²) in [6.45, 7) is 1.84. The summed E-state index contributed by atoms with van der Waals surface area (Å²) in [7, 11) is -3.36. The van der Waals surface area contributed by atoms with E-state index in [1.807, 2.05) is 19.1 Å². The van der Waals surface area contributed by atoms with Gasteiger partial charge in [-0.1, -0.05) is 22.0 Å². The molecule has 4 fully saturated rings. The molecule has 4 aliphatic carbocycles. The van der Waals surface area contributed by atoms with Gasteiger partial charge < -0.3 is 5.32 Å². The third kappa shape index (κ3) is 4.19. The second kappa shape index (κ2) is 6.48. The summed E-state index contributed by atoms with van der Waals surface area (Å²) in [5.41, 5.74) is 2.08. The predicted octanol–water partition coefficient (Wildman–Crippen LogP) is 4.43. The van der Waals surface area contributed by atoms with Gasteiger partial charge in [-0.05, 0) is 80.4 Å². The number of carbonyl (C=O) groups excluding carboxylic acids is 1. The van der Waals surface area contributed by atoms with E-state index in [2.05, 4.69) is 26.0 Å². The molecule has 0 heterocycles. The average Bonchev–Trinajstić information content (AvgIpc) is 2.45. The Morgan fingerprint density at radius 3 is 2.48 bits per heavy atom. The first-order valence-corrected chi connectivity index (χ1v) is 12.3. The Morgan fingerprint density at radius 1 is 1.22 bits per heavy atom. The van der Waals surface area contributed by atoms with E-state index >= 15 is 0 Å². The number of rotatable bonds is 5. The monoisotopic (exact) mass is 454 g/mol. The Morgan fingerprint density at radius 2 is 1.89 bits per heavy atom. The molecule has 1 amide bonds. The number of amides is 1. The van der Waals surface area contributed by atoms with Gasteiger partial charge in [0.2, 0.25) is 15.9 Å². The highest BCUT2D eigenvalue weighted by molar-refractivity contribution is 9.10. The van der Waals surface area contributed by atoms with Crippen LogP contribution in [0.3, 0.4) is 0 Å². The van der Waals surface area contributed by atoms with Crippen molar-refractivity contribution in [2.75, 3.05) is 16.3 Å². The molecule has 2 atom stereocenters. The van der Waals surface area contributed by atoms with Crippen LogP contribution in [0.15, 0.2) is 18.2 Å². The summed E-state index contributed by atoms with van der Waals surface area (Å²) < 4.78 is 25.8. The molecule has 0 spiro atoms. The molecule has 0 aromatic heterocycles. The first-order valence-electron chi connectivity index (χ1n) is 9.60. The molecule has 7 heteroatoms. The van der Waals surface area contributed by atoms with Crippen molar-refractivity contribution in [3.05, 3.63) is 23.8 Å². The fraction of sp³-hybridized carbons (Fsp3) is 0.650. The van der Waals surface area contributed by atoms with Gasteiger partial charge in [0.05, 0.1) is 11.9 Å². The van der Waals surface area contributed by atoms with Gasteiger partial charge in [-0.3, -0.25) is 9.52 Å². The van der Waals surface area contributed by atoms with Crippen molar-refractivity contribution in [2.24, 2.45) is 17.3 Å². The Kier molecular flexibility index (Phi) is 4.62. The van der Waals surface area contributed by atoms with Crippen molar-refractivity contribution in [3.8, 4) is 0 Å². The number of benzene rings is 1. The highest BCUT2D eigenvalue weighted by atomic mass is 79.9.